The molecule has 0 saturated heterocycles. The molecule has 0 spiro atoms. The summed E-state index contributed by atoms with van der Waals surface area (Å²) >= 11 is 2.14. The van der Waals surface area contributed by atoms with Crippen LogP contribution >= 0.6 is 22.6 Å². The average Bonchev–Trinajstić information content (AvgIpc) is 2.36. The highest BCUT2D eigenvalue weighted by Crippen LogP contribution is 2.11. The minimum absolute atomic E-state index is 0.157. The van der Waals surface area contributed by atoms with Crippen LogP contribution < -0.4 is 5.32 Å². The predicted octanol–water partition coefficient (Wildman–Crippen LogP) is 1.81. The van der Waals surface area contributed by atoms with Gasteiger partial charge in [0, 0.05) is 9.99 Å². The second-order valence-electron chi connectivity index (χ2n) is 5.38. The van der Waals surface area contributed by atoms with E-state index in [9.17, 15) is 19.8 Å². The van der Waals surface area contributed by atoms with Crippen molar-refractivity contribution in [1.29, 1.82) is 0 Å². The quantitative estimate of drug-likeness (QED) is 0.604. The zero-order chi connectivity index (χ0) is 16.0. The maximum absolute atomic E-state index is 11.8. The Labute approximate surface area is 137 Å². The Hall–Kier alpha value is -1.15. The fourth-order valence-electron chi connectivity index (χ4n) is 1.92. The first-order chi connectivity index (χ1) is 9.79. The summed E-state index contributed by atoms with van der Waals surface area (Å²) in [5.74, 6) is -1.59. The number of aliphatic carboxylic acids is 1. The van der Waals surface area contributed by atoms with Crippen LogP contribution in [0.1, 0.15) is 25.8 Å². The van der Waals surface area contributed by atoms with Crippen LogP contribution in [-0.4, -0.2) is 34.2 Å². The average molecular weight is 405 g/mol. The van der Waals surface area contributed by atoms with Crippen LogP contribution in [-0.2, 0) is 16.0 Å². The van der Waals surface area contributed by atoms with Gasteiger partial charge in [0.1, 0.15) is 12.1 Å². The van der Waals surface area contributed by atoms with Crippen LogP contribution in [0, 0.1) is 9.49 Å². The monoisotopic (exact) mass is 405 g/mol. The third-order valence-electron chi connectivity index (χ3n) is 2.94. The molecule has 0 aromatic heterocycles. The van der Waals surface area contributed by atoms with Gasteiger partial charge in [0.2, 0.25) is 5.91 Å². The van der Waals surface area contributed by atoms with Gasteiger partial charge in [0.25, 0.3) is 0 Å². The van der Waals surface area contributed by atoms with Gasteiger partial charge in [-0.15, -0.1) is 0 Å². The van der Waals surface area contributed by atoms with Crippen LogP contribution in [0.4, 0.5) is 0 Å². The summed E-state index contributed by atoms with van der Waals surface area (Å²) in [7, 11) is 0. The van der Waals surface area contributed by atoms with Crippen LogP contribution in [0.15, 0.2) is 24.3 Å². The summed E-state index contributed by atoms with van der Waals surface area (Å²) in [4.78, 5) is 23.1. The van der Waals surface area contributed by atoms with Gasteiger partial charge in [-0.05, 0) is 52.6 Å². The number of halogens is 1. The second kappa shape index (κ2) is 8.33. The Bertz CT molecular complexity index is 504. The smallest absolute Gasteiger partial charge is 0.326 e. The zero-order valence-corrected chi connectivity index (χ0v) is 14.2. The molecule has 21 heavy (non-hydrogen) atoms. The molecule has 1 aromatic carbocycles. The van der Waals surface area contributed by atoms with E-state index < -0.39 is 24.0 Å². The third kappa shape index (κ3) is 6.43. The number of carbonyl (C=O) groups excluding carboxylic acids is 1. The van der Waals surface area contributed by atoms with Gasteiger partial charge in [0.05, 0.1) is 0 Å². The van der Waals surface area contributed by atoms with Gasteiger partial charge in [-0.2, -0.15) is 0 Å². The number of benzene rings is 1. The van der Waals surface area contributed by atoms with Gasteiger partial charge >= 0.3 is 5.97 Å². The standard InChI is InChI=1S/C15H20INO4/c1-9(2)6-13(18)14(19)17-12(15(20)21)8-10-4-3-5-11(16)7-10/h3-5,7,9,12-13,18H,6,8H2,1-2H3,(H,17,19)(H,20,21)/t12-,13-/m1/s1. The molecule has 0 aliphatic rings. The van der Waals surface area contributed by atoms with Gasteiger partial charge in [-0.3, -0.25) is 4.79 Å². The van der Waals surface area contributed by atoms with E-state index in [0.29, 0.717) is 6.42 Å². The lowest BCUT2D eigenvalue weighted by molar-refractivity contribution is -0.143. The number of carboxylic acids is 1. The van der Waals surface area contributed by atoms with Crippen LogP contribution in [0.5, 0.6) is 0 Å². The maximum Gasteiger partial charge on any atom is 0.326 e. The fraction of sp³-hybridized carbons (Fsp3) is 0.467. The summed E-state index contributed by atoms with van der Waals surface area (Å²) < 4.78 is 1.00. The number of carboxylic acid groups (broad SMARTS) is 1. The van der Waals surface area contributed by atoms with E-state index in [2.05, 4.69) is 27.9 Å². The van der Waals surface area contributed by atoms with Crippen LogP contribution in [0.25, 0.3) is 0 Å². The van der Waals surface area contributed by atoms with E-state index in [0.717, 1.165) is 9.13 Å². The number of aliphatic hydroxyl groups is 1. The highest BCUT2D eigenvalue weighted by atomic mass is 127. The van der Waals surface area contributed by atoms with Crippen molar-refractivity contribution in [3.05, 3.63) is 33.4 Å². The van der Waals surface area contributed by atoms with E-state index in [-0.39, 0.29) is 12.3 Å². The SMILES string of the molecule is CC(C)C[C@@H](O)C(=O)N[C@H](Cc1cccc(I)c1)C(=O)O. The van der Waals surface area contributed by atoms with E-state index >= 15 is 0 Å². The molecule has 0 unspecified atom stereocenters. The van der Waals surface area contributed by atoms with Crippen molar-refractivity contribution in [3.63, 3.8) is 0 Å². The molecule has 2 atom stereocenters. The van der Waals surface area contributed by atoms with E-state index in [1.807, 2.05) is 38.1 Å². The predicted molar refractivity (Wildman–Crippen MR) is 87.9 cm³/mol. The lowest BCUT2D eigenvalue weighted by Crippen LogP contribution is -2.46. The highest BCUT2D eigenvalue weighted by molar-refractivity contribution is 14.1. The maximum atomic E-state index is 11.8. The Morgan fingerprint density at radius 1 is 1.33 bits per heavy atom. The Balaban J connectivity index is 2.70. The van der Waals surface area contributed by atoms with Crippen molar-refractivity contribution < 1.29 is 19.8 Å². The number of carbonyl (C=O) groups is 2. The molecule has 1 rings (SSSR count). The number of nitrogens with one attached hydrogen (secondary N) is 1. The Morgan fingerprint density at radius 2 is 2.00 bits per heavy atom. The Kier molecular flexibility index (Phi) is 7.10. The van der Waals surface area contributed by atoms with Crippen molar-refractivity contribution in [3.8, 4) is 0 Å². The van der Waals surface area contributed by atoms with Gasteiger partial charge in [-0.25, -0.2) is 4.79 Å². The topological polar surface area (TPSA) is 86.6 Å². The molecule has 1 aromatic rings. The molecular formula is C15H20INO4. The number of rotatable bonds is 7. The third-order valence-corrected chi connectivity index (χ3v) is 3.61. The van der Waals surface area contributed by atoms with Crippen molar-refractivity contribution in [2.75, 3.05) is 0 Å². The first kappa shape index (κ1) is 17.9. The van der Waals surface area contributed by atoms with Crippen LogP contribution in [0.3, 0.4) is 0 Å². The molecule has 0 aliphatic heterocycles. The van der Waals surface area contributed by atoms with Gasteiger partial charge in [0.15, 0.2) is 0 Å². The molecule has 0 heterocycles. The normalized spacial score (nSPS) is 13.8. The molecule has 0 radical (unpaired) electrons. The number of hydrogen-bond donors (Lipinski definition) is 3. The molecule has 6 heteroatoms. The molecule has 0 bridgehead atoms. The molecule has 0 fully saturated rings. The highest BCUT2D eigenvalue weighted by Gasteiger charge is 2.24. The first-order valence-electron chi connectivity index (χ1n) is 6.75. The summed E-state index contributed by atoms with van der Waals surface area (Å²) in [5, 5.41) is 21.3. The second-order valence-corrected chi connectivity index (χ2v) is 6.62. The van der Waals surface area contributed by atoms with Crippen LogP contribution in [0.2, 0.25) is 0 Å². The Morgan fingerprint density at radius 3 is 2.52 bits per heavy atom. The lowest BCUT2D eigenvalue weighted by atomic mass is 10.0. The molecule has 5 nitrogen and oxygen atoms in total. The zero-order valence-electron chi connectivity index (χ0n) is 12.0. The summed E-state index contributed by atoms with van der Waals surface area (Å²) in [6.07, 6.45) is -0.684. The lowest BCUT2D eigenvalue weighted by Gasteiger charge is -2.18. The molecular weight excluding hydrogens is 385 g/mol. The van der Waals surface area contributed by atoms with Gasteiger partial charge < -0.3 is 15.5 Å². The van der Waals surface area contributed by atoms with Crippen molar-refractivity contribution in [1.82, 2.24) is 5.32 Å². The number of hydrogen-bond acceptors (Lipinski definition) is 3. The summed E-state index contributed by atoms with van der Waals surface area (Å²) in [5.41, 5.74) is 0.827. The molecule has 0 saturated carbocycles. The number of aliphatic hydroxyl groups excluding tert-OH is 1. The molecule has 1 amide bonds. The summed E-state index contributed by atoms with van der Waals surface area (Å²) in [6, 6.07) is 6.38. The number of amides is 1. The minimum atomic E-state index is -1.18. The van der Waals surface area contributed by atoms with Crippen molar-refractivity contribution in [2.24, 2.45) is 5.92 Å². The van der Waals surface area contributed by atoms with E-state index in [1.165, 1.54) is 0 Å². The van der Waals surface area contributed by atoms with E-state index in [1.54, 1.807) is 0 Å². The minimum Gasteiger partial charge on any atom is -0.480 e. The molecule has 3 N–H and O–H groups in total. The van der Waals surface area contributed by atoms with Crippen molar-refractivity contribution in [2.45, 2.75) is 38.8 Å². The summed E-state index contributed by atoms with van der Waals surface area (Å²) in [6.45, 7) is 3.77. The first-order valence-corrected chi connectivity index (χ1v) is 7.83. The molecule has 116 valence electrons. The van der Waals surface area contributed by atoms with E-state index in [4.69, 9.17) is 0 Å². The molecule has 0 aliphatic carbocycles. The fourth-order valence-corrected chi connectivity index (χ4v) is 2.53. The largest absolute Gasteiger partial charge is 0.480 e. The van der Waals surface area contributed by atoms with Crippen molar-refractivity contribution >= 4 is 34.5 Å². The van der Waals surface area contributed by atoms with Gasteiger partial charge in [-0.1, -0.05) is 26.0 Å².